The quantitative estimate of drug-likeness (QED) is 0.482. The Morgan fingerprint density at radius 1 is 1.37 bits per heavy atom. The van der Waals surface area contributed by atoms with E-state index in [4.69, 9.17) is 4.98 Å². The first-order valence-electron chi connectivity index (χ1n) is 12.0. The number of likely N-dealkylation sites (tertiary alicyclic amines) is 1. The molecule has 3 aromatic heterocycles. The molecule has 6 rings (SSSR count). The van der Waals surface area contributed by atoms with Crippen LogP contribution in [0.2, 0.25) is 0 Å². The van der Waals surface area contributed by atoms with Gasteiger partial charge in [-0.05, 0) is 37.7 Å². The molecule has 35 heavy (non-hydrogen) atoms. The molecule has 2 aliphatic heterocycles. The lowest BCUT2D eigenvalue weighted by molar-refractivity contribution is -0.138. The molecule has 5 heterocycles. The van der Waals surface area contributed by atoms with E-state index in [0.717, 1.165) is 40.1 Å². The van der Waals surface area contributed by atoms with Gasteiger partial charge in [-0.2, -0.15) is 0 Å². The first-order chi connectivity index (χ1) is 16.9. The number of thiazole rings is 1. The molecule has 1 unspecified atom stereocenters. The van der Waals surface area contributed by atoms with Crippen LogP contribution in [0.15, 0.2) is 18.5 Å². The number of aliphatic hydroxyl groups excluding tert-OH is 1. The largest absolute Gasteiger partial charge is 0.384 e. The number of nitrogens with zero attached hydrogens (tertiary/aromatic N) is 4. The minimum Gasteiger partial charge on any atom is -0.384 e. The summed E-state index contributed by atoms with van der Waals surface area (Å²) in [6.07, 6.45) is 4.56. The minimum absolute atomic E-state index is 0.0885. The zero-order valence-electron chi connectivity index (χ0n) is 19.3. The average Bonchev–Trinajstić information content (AvgIpc) is 3.62. The van der Waals surface area contributed by atoms with Gasteiger partial charge in [-0.1, -0.05) is 0 Å². The summed E-state index contributed by atoms with van der Waals surface area (Å²) in [5.74, 6) is 0.465. The molecular formula is C24H27FN6O3S. The number of hydrogen-bond donors (Lipinski definition) is 3. The lowest BCUT2D eigenvalue weighted by Crippen LogP contribution is -2.37. The maximum absolute atomic E-state index is 12.8. The van der Waals surface area contributed by atoms with E-state index in [1.54, 1.807) is 11.1 Å². The standard InChI is InChI=1S/C24H27FN6O3S/c1-12(32)23(33)31-9-13-6-15(7-14(13)10-31)28-19-16-2-4-26-21(16)27-8-17(19)22-29-18-11-30(5-3-25)24(34)20(18)35-22/h2,4,8,12-15,32H,3,5-7,9-11H2,1H3,(H2,26,27,28)/t12-,13-,14+,15?/m0/s1. The van der Waals surface area contributed by atoms with Gasteiger partial charge < -0.3 is 25.2 Å². The van der Waals surface area contributed by atoms with Crippen LogP contribution in [0.4, 0.5) is 10.1 Å². The Morgan fingerprint density at radius 3 is 2.83 bits per heavy atom. The molecule has 2 fully saturated rings. The molecule has 9 nitrogen and oxygen atoms in total. The van der Waals surface area contributed by atoms with Crippen LogP contribution < -0.4 is 5.32 Å². The summed E-state index contributed by atoms with van der Waals surface area (Å²) >= 11 is 1.34. The van der Waals surface area contributed by atoms with E-state index < -0.39 is 12.8 Å². The Balaban J connectivity index is 1.25. The average molecular weight is 499 g/mol. The van der Waals surface area contributed by atoms with Crippen LogP contribution in [-0.2, 0) is 11.3 Å². The highest BCUT2D eigenvalue weighted by Gasteiger charge is 2.43. The van der Waals surface area contributed by atoms with Crippen LogP contribution >= 0.6 is 11.3 Å². The number of alkyl halides is 1. The molecule has 0 bridgehead atoms. The van der Waals surface area contributed by atoms with Gasteiger partial charge in [-0.25, -0.2) is 14.4 Å². The van der Waals surface area contributed by atoms with Crippen molar-refractivity contribution in [1.82, 2.24) is 24.8 Å². The normalized spacial score (nSPS) is 24.3. The SMILES string of the molecule is C[C@H](O)C(=O)N1C[C@H]2CC(Nc3c(-c4nc5c(s4)C(=O)N(CCF)C5)cnc4[nH]ccc34)C[C@H]2C1. The highest BCUT2D eigenvalue weighted by molar-refractivity contribution is 7.17. The number of nitrogens with one attached hydrogen (secondary N) is 2. The van der Waals surface area contributed by atoms with Crippen LogP contribution in [0.1, 0.15) is 35.1 Å². The molecule has 184 valence electrons. The fourth-order valence-electron chi connectivity index (χ4n) is 5.81. The number of carbonyl (C=O) groups is 2. The molecule has 3 aromatic rings. The van der Waals surface area contributed by atoms with E-state index in [-0.39, 0.29) is 24.4 Å². The van der Waals surface area contributed by atoms with Crippen LogP contribution in [0.3, 0.4) is 0 Å². The second-order valence-corrected chi connectivity index (χ2v) is 10.7. The van der Waals surface area contributed by atoms with Crippen molar-refractivity contribution in [2.45, 2.75) is 38.5 Å². The maximum atomic E-state index is 12.8. The fourth-order valence-corrected chi connectivity index (χ4v) is 6.87. The van der Waals surface area contributed by atoms with E-state index in [9.17, 15) is 19.1 Å². The number of pyridine rings is 1. The van der Waals surface area contributed by atoms with Crippen molar-refractivity contribution in [3.63, 3.8) is 0 Å². The van der Waals surface area contributed by atoms with Crippen LogP contribution in [0, 0.1) is 11.8 Å². The first-order valence-corrected chi connectivity index (χ1v) is 12.8. The zero-order chi connectivity index (χ0) is 24.3. The van der Waals surface area contributed by atoms with Crippen molar-refractivity contribution in [3.8, 4) is 10.6 Å². The topological polar surface area (TPSA) is 114 Å². The number of fused-ring (bicyclic) bond motifs is 3. The summed E-state index contributed by atoms with van der Waals surface area (Å²) in [5, 5.41) is 15.1. The highest BCUT2D eigenvalue weighted by atomic mass is 32.1. The second-order valence-electron chi connectivity index (χ2n) is 9.75. The predicted molar refractivity (Wildman–Crippen MR) is 130 cm³/mol. The van der Waals surface area contributed by atoms with Crippen molar-refractivity contribution in [1.29, 1.82) is 0 Å². The first kappa shape index (κ1) is 22.4. The van der Waals surface area contributed by atoms with Gasteiger partial charge in [0.05, 0.1) is 23.5 Å². The van der Waals surface area contributed by atoms with Gasteiger partial charge in [0.2, 0.25) is 0 Å². The number of halogens is 1. The molecule has 2 amide bonds. The van der Waals surface area contributed by atoms with Crippen molar-refractivity contribution in [2.75, 3.05) is 31.6 Å². The molecule has 0 radical (unpaired) electrons. The third-order valence-electron chi connectivity index (χ3n) is 7.46. The lowest BCUT2D eigenvalue weighted by Gasteiger charge is -2.22. The summed E-state index contributed by atoms with van der Waals surface area (Å²) in [7, 11) is 0. The van der Waals surface area contributed by atoms with E-state index in [1.165, 1.54) is 23.2 Å². The van der Waals surface area contributed by atoms with Gasteiger partial charge in [0.25, 0.3) is 11.8 Å². The number of hydrogen-bond acceptors (Lipinski definition) is 7. The third-order valence-corrected chi connectivity index (χ3v) is 8.58. The third kappa shape index (κ3) is 3.77. The van der Waals surface area contributed by atoms with E-state index >= 15 is 0 Å². The molecule has 1 saturated heterocycles. The number of carbonyl (C=O) groups excluding carboxylic acids is 2. The van der Waals surface area contributed by atoms with Crippen LogP contribution in [-0.4, -0.2) is 80.1 Å². The number of amides is 2. The van der Waals surface area contributed by atoms with Crippen LogP contribution in [0.5, 0.6) is 0 Å². The van der Waals surface area contributed by atoms with Crippen LogP contribution in [0.25, 0.3) is 21.6 Å². The second kappa shape index (κ2) is 8.56. The molecule has 11 heteroatoms. The molecule has 4 atom stereocenters. The van der Waals surface area contributed by atoms with Crippen molar-refractivity contribution < 1.29 is 19.1 Å². The van der Waals surface area contributed by atoms with E-state index in [1.807, 2.05) is 12.3 Å². The molecule has 1 saturated carbocycles. The molecule has 3 aliphatic rings. The summed E-state index contributed by atoms with van der Waals surface area (Å²) < 4.78 is 12.8. The Hall–Kier alpha value is -3.05. The fraction of sp³-hybridized carbons (Fsp3) is 0.500. The van der Waals surface area contributed by atoms with Crippen molar-refractivity contribution >= 4 is 39.9 Å². The summed E-state index contributed by atoms with van der Waals surface area (Å²) in [6.45, 7) is 2.76. The van der Waals surface area contributed by atoms with Gasteiger partial charge in [-0.15, -0.1) is 11.3 Å². The van der Waals surface area contributed by atoms with Crippen molar-refractivity contribution in [3.05, 3.63) is 29.0 Å². The number of aromatic amines is 1. The van der Waals surface area contributed by atoms with E-state index in [0.29, 0.717) is 42.0 Å². The van der Waals surface area contributed by atoms with Crippen molar-refractivity contribution in [2.24, 2.45) is 11.8 Å². The summed E-state index contributed by atoms with van der Waals surface area (Å²) in [5.41, 5.74) is 3.27. The Morgan fingerprint density at radius 2 is 2.14 bits per heavy atom. The van der Waals surface area contributed by atoms with Gasteiger partial charge in [0.15, 0.2) is 0 Å². The maximum Gasteiger partial charge on any atom is 0.266 e. The number of rotatable bonds is 6. The monoisotopic (exact) mass is 498 g/mol. The summed E-state index contributed by atoms with van der Waals surface area (Å²) in [4.78, 5) is 41.2. The molecule has 1 aliphatic carbocycles. The number of anilines is 1. The zero-order valence-corrected chi connectivity index (χ0v) is 20.1. The number of H-pyrrole nitrogens is 1. The molecule has 0 aromatic carbocycles. The van der Waals surface area contributed by atoms with E-state index in [2.05, 4.69) is 15.3 Å². The lowest BCUT2D eigenvalue weighted by atomic mass is 10.0. The van der Waals surface area contributed by atoms with Gasteiger partial charge in [0.1, 0.15) is 28.3 Å². The number of aliphatic hydroxyl groups is 1. The highest BCUT2D eigenvalue weighted by Crippen LogP contribution is 2.43. The Kier molecular flexibility index (Phi) is 5.48. The summed E-state index contributed by atoms with van der Waals surface area (Å²) in [6, 6.07) is 2.23. The minimum atomic E-state index is -0.958. The van der Waals surface area contributed by atoms with Gasteiger partial charge in [0, 0.05) is 43.5 Å². The molecule has 0 spiro atoms. The smallest absolute Gasteiger partial charge is 0.266 e. The van der Waals surface area contributed by atoms with Gasteiger partial charge >= 0.3 is 0 Å². The molecule has 3 N–H and O–H groups in total. The molecular weight excluding hydrogens is 471 g/mol. The predicted octanol–water partition coefficient (Wildman–Crippen LogP) is 2.64. The van der Waals surface area contributed by atoms with Gasteiger partial charge in [-0.3, -0.25) is 9.59 Å². The Bertz CT molecular complexity index is 1290. The Labute approximate surface area is 205 Å². The number of aromatic nitrogens is 3.